The Labute approximate surface area is 301 Å². The summed E-state index contributed by atoms with van der Waals surface area (Å²) in [4.78, 5) is 111. The van der Waals surface area contributed by atoms with Crippen molar-refractivity contribution in [1.29, 1.82) is 0 Å². The summed E-state index contributed by atoms with van der Waals surface area (Å²) in [6.45, 7) is 7.32. The van der Waals surface area contributed by atoms with Gasteiger partial charge in [-0.15, -0.1) is 0 Å². The second-order valence-corrected chi connectivity index (χ2v) is 12.9. The number of imidazole rings is 1. The lowest BCUT2D eigenvalue weighted by molar-refractivity contribution is -0.140. The third-order valence-electron chi connectivity index (χ3n) is 8.43. The van der Waals surface area contributed by atoms with Crippen LogP contribution in [0.15, 0.2) is 42.9 Å². The van der Waals surface area contributed by atoms with Crippen LogP contribution in [0, 0.1) is 5.92 Å². The van der Waals surface area contributed by atoms with E-state index >= 15 is 0 Å². The number of benzene rings is 1. The topological polar surface area (TPSA) is 267 Å². The van der Waals surface area contributed by atoms with Crippen molar-refractivity contribution in [3.05, 3.63) is 54.1 Å². The summed E-state index contributed by atoms with van der Waals surface area (Å²) in [6, 6.07) is 2.06. The fourth-order valence-electron chi connectivity index (χ4n) is 5.53. The molecule has 1 aliphatic heterocycles. The summed E-state index contributed by atoms with van der Waals surface area (Å²) < 4.78 is 0. The van der Waals surface area contributed by atoms with E-state index in [0.29, 0.717) is 24.1 Å². The first-order valence-corrected chi connectivity index (χ1v) is 17.0. The van der Waals surface area contributed by atoms with Crippen molar-refractivity contribution in [3.8, 4) is 0 Å². The molecule has 18 nitrogen and oxygen atoms in total. The molecular weight excluding hydrogens is 676 g/mol. The van der Waals surface area contributed by atoms with Crippen molar-refractivity contribution in [3.63, 3.8) is 0 Å². The average Bonchev–Trinajstić information content (AvgIpc) is 3.81. The molecule has 1 aliphatic rings. The summed E-state index contributed by atoms with van der Waals surface area (Å²) >= 11 is 0. The molecule has 3 rings (SSSR count). The van der Waals surface area contributed by atoms with Crippen LogP contribution in [0.25, 0.3) is 0 Å². The summed E-state index contributed by atoms with van der Waals surface area (Å²) in [7, 11) is 0. The molecule has 0 bridgehead atoms. The standard InChI is InChI=1S/C34H48N10O8/c1-18(2)27(41-21(5)45)33(51)42-24(14-23-15-36-17-38-23)31(49)40-20(4)30(48)37-16-26(46)44-13-9-12-25(44)32(50)43-28(22-10-7-6-8-11-22)34(52)39-19(3)29(35)47/h6-8,10-11,15,17-20,24-25,27-28H,9,12-14,16H2,1-5H3,(H2,35,47)(H,36,38)(H,37,48)(H,39,52)(H,40,49)(H,41,45)(H,42,51)(H,43,50)/t19-,20+,24+,25+,27+,28+/m1/s1. The lowest BCUT2D eigenvalue weighted by Gasteiger charge is -2.27. The van der Waals surface area contributed by atoms with E-state index in [9.17, 15) is 38.4 Å². The highest BCUT2D eigenvalue weighted by Crippen LogP contribution is 2.20. The highest BCUT2D eigenvalue weighted by atomic mass is 16.2. The number of likely N-dealkylation sites (tertiary alicyclic amines) is 1. The minimum atomic E-state index is -1.18. The number of primary amides is 1. The van der Waals surface area contributed by atoms with Crippen LogP contribution in [0.5, 0.6) is 0 Å². The van der Waals surface area contributed by atoms with Gasteiger partial charge in [-0.3, -0.25) is 38.4 Å². The Morgan fingerprint density at radius 1 is 0.865 bits per heavy atom. The van der Waals surface area contributed by atoms with Gasteiger partial charge in [0.15, 0.2) is 0 Å². The number of amides is 8. The maximum atomic E-state index is 13.5. The van der Waals surface area contributed by atoms with Crippen LogP contribution in [-0.4, -0.2) is 105 Å². The zero-order valence-electron chi connectivity index (χ0n) is 29.9. The van der Waals surface area contributed by atoms with Crippen LogP contribution in [0.4, 0.5) is 0 Å². The molecule has 8 amide bonds. The van der Waals surface area contributed by atoms with Gasteiger partial charge in [-0.2, -0.15) is 0 Å². The molecular formula is C34H48N10O8. The average molecular weight is 725 g/mol. The Morgan fingerprint density at radius 2 is 1.54 bits per heavy atom. The van der Waals surface area contributed by atoms with E-state index in [0.717, 1.165) is 0 Å². The molecule has 0 unspecified atom stereocenters. The number of aromatic nitrogens is 2. The van der Waals surface area contributed by atoms with Gasteiger partial charge in [0.05, 0.1) is 12.9 Å². The lowest BCUT2D eigenvalue weighted by Crippen LogP contribution is -2.58. The van der Waals surface area contributed by atoms with Crippen molar-refractivity contribution in [2.24, 2.45) is 11.7 Å². The molecule has 0 radical (unpaired) electrons. The third-order valence-corrected chi connectivity index (χ3v) is 8.43. The van der Waals surface area contributed by atoms with Crippen LogP contribution >= 0.6 is 0 Å². The molecule has 0 aliphatic carbocycles. The molecule has 1 saturated heterocycles. The fourth-order valence-corrected chi connectivity index (χ4v) is 5.53. The fraction of sp³-hybridized carbons (Fsp3) is 0.500. The Bertz CT molecular complexity index is 1600. The Morgan fingerprint density at radius 3 is 2.13 bits per heavy atom. The molecule has 52 heavy (non-hydrogen) atoms. The second-order valence-electron chi connectivity index (χ2n) is 12.9. The zero-order chi connectivity index (χ0) is 38.5. The van der Waals surface area contributed by atoms with Crippen molar-refractivity contribution in [2.75, 3.05) is 13.1 Å². The molecule has 1 fully saturated rings. The molecule has 1 aromatic heterocycles. The molecule has 18 heteroatoms. The van der Waals surface area contributed by atoms with E-state index in [-0.39, 0.29) is 18.9 Å². The SMILES string of the molecule is CC(=O)N[C@H](C(=O)N[C@@H](Cc1cnc[nH]1)C(=O)N[C@@H](C)C(=O)NCC(=O)N1CCC[C@H]1C(=O)N[C@H](C(=O)N[C@H](C)C(N)=O)c1ccccc1)C(C)C. The van der Waals surface area contributed by atoms with Gasteiger partial charge in [-0.25, -0.2) is 4.98 Å². The Balaban J connectivity index is 1.62. The number of nitrogens with zero attached hydrogens (tertiary/aromatic N) is 2. The van der Waals surface area contributed by atoms with Crippen molar-refractivity contribution < 1.29 is 38.4 Å². The van der Waals surface area contributed by atoms with Gasteiger partial charge >= 0.3 is 0 Å². The number of nitrogens with two attached hydrogens (primary N) is 1. The molecule has 282 valence electrons. The highest BCUT2D eigenvalue weighted by molar-refractivity contribution is 5.97. The first kappa shape index (κ1) is 40.6. The van der Waals surface area contributed by atoms with E-state index in [1.165, 1.54) is 38.2 Å². The van der Waals surface area contributed by atoms with Gasteiger partial charge in [0.2, 0.25) is 47.3 Å². The monoisotopic (exact) mass is 724 g/mol. The Hall–Kier alpha value is -5.81. The number of rotatable bonds is 17. The maximum absolute atomic E-state index is 13.5. The quantitative estimate of drug-likeness (QED) is 0.0901. The predicted octanol–water partition coefficient (Wildman–Crippen LogP) is -1.94. The largest absolute Gasteiger partial charge is 0.368 e. The lowest BCUT2D eigenvalue weighted by atomic mass is 10.0. The normalized spacial score (nSPS) is 16.7. The van der Waals surface area contributed by atoms with Crippen molar-refractivity contribution in [1.82, 2.24) is 46.8 Å². The molecule has 2 heterocycles. The molecule has 2 aromatic rings. The van der Waals surface area contributed by atoms with Gasteiger partial charge < -0.3 is 47.5 Å². The van der Waals surface area contributed by atoms with Gasteiger partial charge in [0.1, 0.15) is 36.3 Å². The molecule has 9 N–H and O–H groups in total. The minimum Gasteiger partial charge on any atom is -0.368 e. The van der Waals surface area contributed by atoms with Crippen molar-refractivity contribution in [2.45, 2.75) is 90.1 Å². The first-order valence-electron chi connectivity index (χ1n) is 17.0. The number of carbonyl (C=O) groups excluding carboxylic acids is 8. The molecule has 0 saturated carbocycles. The second kappa shape index (κ2) is 19.0. The number of H-pyrrole nitrogens is 1. The summed E-state index contributed by atoms with van der Waals surface area (Å²) in [5.41, 5.74) is 6.27. The third kappa shape index (κ3) is 11.6. The van der Waals surface area contributed by atoms with Crippen LogP contribution in [0.3, 0.4) is 0 Å². The smallest absolute Gasteiger partial charge is 0.247 e. The number of hydrogen-bond acceptors (Lipinski definition) is 9. The van der Waals surface area contributed by atoms with E-state index in [1.54, 1.807) is 44.2 Å². The number of aromatic amines is 1. The van der Waals surface area contributed by atoms with Crippen LogP contribution < -0.4 is 37.6 Å². The number of nitrogens with one attached hydrogen (secondary N) is 7. The van der Waals surface area contributed by atoms with E-state index in [2.05, 4.69) is 41.9 Å². The summed E-state index contributed by atoms with van der Waals surface area (Å²) in [5, 5.41) is 15.4. The first-order chi connectivity index (χ1) is 24.6. The summed E-state index contributed by atoms with van der Waals surface area (Å²) in [5.74, 6) is -5.26. The van der Waals surface area contributed by atoms with Crippen molar-refractivity contribution >= 4 is 47.3 Å². The molecule has 0 spiro atoms. The van der Waals surface area contributed by atoms with E-state index in [4.69, 9.17) is 5.73 Å². The van der Waals surface area contributed by atoms with Gasteiger partial charge in [-0.05, 0) is 38.2 Å². The molecule has 1 aromatic carbocycles. The number of carbonyl (C=O) groups is 8. The van der Waals surface area contributed by atoms with Gasteiger partial charge in [0, 0.05) is 31.8 Å². The van der Waals surface area contributed by atoms with Gasteiger partial charge in [0.25, 0.3) is 0 Å². The van der Waals surface area contributed by atoms with E-state index in [1.807, 2.05) is 0 Å². The molecule has 6 atom stereocenters. The van der Waals surface area contributed by atoms with Crippen LogP contribution in [0.2, 0.25) is 0 Å². The predicted molar refractivity (Wildman–Crippen MR) is 186 cm³/mol. The van der Waals surface area contributed by atoms with Crippen LogP contribution in [0.1, 0.15) is 64.8 Å². The Kier molecular flexibility index (Phi) is 14.8. The number of hydrogen-bond donors (Lipinski definition) is 8. The highest BCUT2D eigenvalue weighted by Gasteiger charge is 2.37. The zero-order valence-corrected chi connectivity index (χ0v) is 29.9. The van der Waals surface area contributed by atoms with E-state index < -0.39 is 90.1 Å². The van der Waals surface area contributed by atoms with Gasteiger partial charge in [-0.1, -0.05) is 44.2 Å². The summed E-state index contributed by atoms with van der Waals surface area (Å²) in [6.07, 6.45) is 3.70. The maximum Gasteiger partial charge on any atom is 0.247 e. The minimum absolute atomic E-state index is 0.00462. The van der Waals surface area contributed by atoms with Crippen LogP contribution in [-0.2, 0) is 44.8 Å².